The molecule has 0 heterocycles. The van der Waals surface area contributed by atoms with E-state index in [-0.39, 0.29) is 0 Å². The van der Waals surface area contributed by atoms with Gasteiger partial charge in [0.25, 0.3) is 0 Å². The summed E-state index contributed by atoms with van der Waals surface area (Å²) in [7, 11) is 0. The van der Waals surface area contributed by atoms with Crippen molar-refractivity contribution in [3.8, 4) is 0 Å². The summed E-state index contributed by atoms with van der Waals surface area (Å²) in [5.74, 6) is -3.01. The molecule has 2 aromatic rings. The maximum atomic E-state index is 12.9. The van der Waals surface area contributed by atoms with Crippen LogP contribution in [0.3, 0.4) is 0 Å². The Morgan fingerprint density at radius 1 is 0.792 bits per heavy atom. The van der Waals surface area contributed by atoms with E-state index in [1.807, 2.05) is 10.9 Å². The van der Waals surface area contributed by atoms with Gasteiger partial charge in [-0.05, 0) is 35.4 Å². The molecule has 0 aliphatic carbocycles. The van der Waals surface area contributed by atoms with Gasteiger partial charge in [-0.1, -0.05) is 24.3 Å². The van der Waals surface area contributed by atoms with Crippen molar-refractivity contribution in [2.75, 3.05) is 0 Å². The van der Waals surface area contributed by atoms with Crippen molar-refractivity contribution in [1.82, 2.24) is 10.9 Å². The molecule has 0 fully saturated rings. The van der Waals surface area contributed by atoms with E-state index < -0.39 is 23.4 Å². The molecule has 0 bridgehead atoms. The number of amides is 2. The maximum absolute atomic E-state index is 12.9. The lowest BCUT2D eigenvalue weighted by Crippen LogP contribution is -2.35. The highest BCUT2D eigenvalue weighted by molar-refractivity contribution is 6.35. The van der Waals surface area contributed by atoms with Gasteiger partial charge in [0.15, 0.2) is 0 Å². The first-order valence-electron chi connectivity index (χ1n) is 6.72. The van der Waals surface area contributed by atoms with Crippen LogP contribution in [0.25, 0.3) is 0 Å². The van der Waals surface area contributed by atoms with Crippen molar-refractivity contribution in [1.29, 1.82) is 0 Å². The van der Waals surface area contributed by atoms with Gasteiger partial charge in [0.2, 0.25) is 0 Å². The number of hydrazone groups is 2. The van der Waals surface area contributed by atoms with Crippen molar-refractivity contribution in [2.45, 2.75) is 0 Å². The summed E-state index contributed by atoms with van der Waals surface area (Å²) in [5, 5.41) is 7.06. The molecule has 0 aromatic heterocycles. The summed E-state index contributed by atoms with van der Waals surface area (Å²) in [5.41, 5.74) is 4.77. The van der Waals surface area contributed by atoms with E-state index in [2.05, 4.69) is 10.2 Å². The van der Waals surface area contributed by atoms with Gasteiger partial charge in [-0.3, -0.25) is 9.59 Å². The van der Waals surface area contributed by atoms with Crippen LogP contribution in [0.15, 0.2) is 58.7 Å². The fraction of sp³-hybridized carbons (Fsp3) is 0. The van der Waals surface area contributed by atoms with Gasteiger partial charge in [0.05, 0.1) is 12.4 Å². The third-order valence-corrected chi connectivity index (χ3v) is 2.66. The molecule has 0 aliphatic rings. The number of halogens is 2. The third kappa shape index (κ3) is 5.41. The Morgan fingerprint density at radius 3 is 1.58 bits per heavy atom. The molecule has 2 N–H and O–H groups in total. The van der Waals surface area contributed by atoms with E-state index in [1.54, 1.807) is 12.1 Å². The van der Waals surface area contributed by atoms with Crippen molar-refractivity contribution >= 4 is 24.2 Å². The smallest absolute Gasteiger partial charge is 0.262 e. The molecule has 2 aromatic carbocycles. The van der Waals surface area contributed by atoms with Crippen LogP contribution in [0, 0.1) is 11.6 Å². The van der Waals surface area contributed by atoms with Crippen LogP contribution in [0.2, 0.25) is 0 Å². The third-order valence-electron chi connectivity index (χ3n) is 2.66. The Hall–Kier alpha value is -3.42. The van der Waals surface area contributed by atoms with Gasteiger partial charge in [-0.2, -0.15) is 10.2 Å². The van der Waals surface area contributed by atoms with Crippen LogP contribution in [0.5, 0.6) is 0 Å². The SMILES string of the molecule is O=C(N/N=C\c1cccc(F)c1)C(=O)N/N=C\c1cccc(F)c1. The van der Waals surface area contributed by atoms with Gasteiger partial charge in [-0.15, -0.1) is 0 Å². The Balaban J connectivity index is 1.83. The molecule has 8 heteroatoms. The topological polar surface area (TPSA) is 82.9 Å². The average Bonchev–Trinajstić information content (AvgIpc) is 2.55. The van der Waals surface area contributed by atoms with E-state index in [9.17, 15) is 18.4 Å². The molecular formula is C16H12F2N4O2. The van der Waals surface area contributed by atoms with Crippen LogP contribution in [-0.4, -0.2) is 24.2 Å². The van der Waals surface area contributed by atoms with E-state index in [1.165, 1.54) is 48.8 Å². The van der Waals surface area contributed by atoms with E-state index in [0.717, 1.165) is 0 Å². The molecule has 0 spiro atoms. The van der Waals surface area contributed by atoms with E-state index in [4.69, 9.17) is 0 Å². The monoisotopic (exact) mass is 330 g/mol. The molecule has 0 unspecified atom stereocenters. The van der Waals surface area contributed by atoms with Gasteiger partial charge < -0.3 is 0 Å². The Kier molecular flexibility index (Phi) is 5.84. The molecule has 0 saturated heterocycles. The molecular weight excluding hydrogens is 318 g/mol. The summed E-state index contributed by atoms with van der Waals surface area (Å²) >= 11 is 0. The zero-order valence-electron chi connectivity index (χ0n) is 12.2. The van der Waals surface area contributed by atoms with Crippen molar-refractivity contribution in [3.63, 3.8) is 0 Å². The summed E-state index contributed by atoms with van der Waals surface area (Å²) in [6, 6.07) is 11.0. The first-order valence-corrected chi connectivity index (χ1v) is 6.72. The average molecular weight is 330 g/mol. The predicted octanol–water partition coefficient (Wildman–Crippen LogP) is 1.57. The molecule has 0 saturated carbocycles. The summed E-state index contributed by atoms with van der Waals surface area (Å²) < 4.78 is 25.9. The number of nitrogens with one attached hydrogen (secondary N) is 2. The van der Waals surface area contributed by atoms with Crippen LogP contribution in [0.4, 0.5) is 8.78 Å². The van der Waals surface area contributed by atoms with Crippen LogP contribution in [-0.2, 0) is 9.59 Å². The zero-order valence-corrected chi connectivity index (χ0v) is 12.2. The minimum Gasteiger partial charge on any atom is -0.262 e. The number of benzene rings is 2. The van der Waals surface area contributed by atoms with E-state index in [0.29, 0.717) is 11.1 Å². The van der Waals surface area contributed by atoms with Crippen LogP contribution in [0.1, 0.15) is 11.1 Å². The number of rotatable bonds is 4. The summed E-state index contributed by atoms with van der Waals surface area (Å²) in [4.78, 5) is 22.9. The summed E-state index contributed by atoms with van der Waals surface area (Å²) in [6.45, 7) is 0. The fourth-order valence-electron chi connectivity index (χ4n) is 1.61. The van der Waals surface area contributed by atoms with Crippen molar-refractivity contribution in [3.05, 3.63) is 71.3 Å². The number of hydrogen-bond acceptors (Lipinski definition) is 4. The Bertz CT molecular complexity index is 739. The number of hydrogen-bond donors (Lipinski definition) is 2. The van der Waals surface area contributed by atoms with E-state index >= 15 is 0 Å². The van der Waals surface area contributed by atoms with Gasteiger partial charge in [0, 0.05) is 0 Å². The van der Waals surface area contributed by atoms with Crippen molar-refractivity contribution in [2.24, 2.45) is 10.2 Å². The quantitative estimate of drug-likeness (QED) is 0.507. The fourth-order valence-corrected chi connectivity index (χ4v) is 1.61. The lowest BCUT2D eigenvalue weighted by Gasteiger charge is -1.98. The highest BCUT2D eigenvalue weighted by Gasteiger charge is 2.10. The highest BCUT2D eigenvalue weighted by Crippen LogP contribution is 2.00. The second-order valence-electron chi connectivity index (χ2n) is 4.51. The minimum absolute atomic E-state index is 0.417. The van der Waals surface area contributed by atoms with Crippen molar-refractivity contribution < 1.29 is 18.4 Å². The first kappa shape index (κ1) is 16.9. The van der Waals surface area contributed by atoms with Gasteiger partial charge >= 0.3 is 11.8 Å². The second-order valence-corrected chi connectivity index (χ2v) is 4.51. The molecule has 6 nitrogen and oxygen atoms in total. The predicted molar refractivity (Wildman–Crippen MR) is 84.3 cm³/mol. The molecule has 2 amide bonds. The molecule has 0 radical (unpaired) electrons. The first-order chi connectivity index (χ1) is 11.5. The highest BCUT2D eigenvalue weighted by atomic mass is 19.1. The summed E-state index contributed by atoms with van der Waals surface area (Å²) in [6.07, 6.45) is 2.37. The maximum Gasteiger partial charge on any atom is 0.331 e. The lowest BCUT2D eigenvalue weighted by atomic mass is 10.2. The molecule has 0 aliphatic heterocycles. The lowest BCUT2D eigenvalue weighted by molar-refractivity contribution is -0.139. The van der Waals surface area contributed by atoms with Gasteiger partial charge in [-0.25, -0.2) is 19.6 Å². The molecule has 122 valence electrons. The zero-order chi connectivity index (χ0) is 17.4. The van der Waals surface area contributed by atoms with Gasteiger partial charge in [0.1, 0.15) is 11.6 Å². The minimum atomic E-state index is -1.06. The molecule has 24 heavy (non-hydrogen) atoms. The van der Waals surface area contributed by atoms with Crippen LogP contribution >= 0.6 is 0 Å². The number of carbonyl (C=O) groups is 2. The Morgan fingerprint density at radius 2 is 1.21 bits per heavy atom. The van der Waals surface area contributed by atoms with Crippen LogP contribution < -0.4 is 10.9 Å². The second kappa shape index (κ2) is 8.28. The number of nitrogens with zero attached hydrogens (tertiary/aromatic N) is 2. The standard InChI is InChI=1S/C16H12F2N4O2/c17-13-5-1-3-11(7-13)9-19-21-15(23)16(24)22-20-10-12-4-2-6-14(18)8-12/h1-10H,(H,21,23)(H,22,24)/b19-9-,20-10-. The normalized spacial score (nSPS) is 10.9. The Labute approximate surface area is 135 Å². The molecule has 2 rings (SSSR count). The molecule has 0 atom stereocenters. The largest absolute Gasteiger partial charge is 0.331 e. The number of carbonyl (C=O) groups excluding carboxylic acids is 2.